The maximum absolute atomic E-state index is 10.2. The third kappa shape index (κ3) is 3.53. The fourth-order valence-corrected chi connectivity index (χ4v) is 3.16. The van der Waals surface area contributed by atoms with Gasteiger partial charge in [-0.05, 0) is 42.5 Å². The molecular weight excluding hydrogens is 276 g/mol. The largest absolute Gasteiger partial charge is 0.391 e. The van der Waals surface area contributed by atoms with E-state index in [-0.39, 0.29) is 12.1 Å². The third-order valence-electron chi connectivity index (χ3n) is 4.26. The molecule has 2 aromatic rings. The van der Waals surface area contributed by atoms with Crippen LogP contribution < -0.4 is 5.32 Å². The highest BCUT2D eigenvalue weighted by Gasteiger charge is 2.32. The predicted octanol–water partition coefficient (Wildman–Crippen LogP) is 1.68. The summed E-state index contributed by atoms with van der Waals surface area (Å²) in [7, 11) is 0. The number of benzene rings is 1. The lowest BCUT2D eigenvalue weighted by atomic mass is 10.1. The first kappa shape index (κ1) is 14.8. The van der Waals surface area contributed by atoms with E-state index in [1.54, 1.807) is 12.3 Å². The first-order chi connectivity index (χ1) is 10.7. The minimum Gasteiger partial charge on any atom is -0.391 e. The number of hydrogen-bond acceptors (Lipinski definition) is 4. The summed E-state index contributed by atoms with van der Waals surface area (Å²) in [5.41, 5.74) is 1.74. The average Bonchev–Trinajstić information content (AvgIpc) is 3.15. The number of aromatic nitrogens is 2. The van der Waals surface area contributed by atoms with Crippen LogP contribution in [0, 0.1) is 17.2 Å². The second-order valence-corrected chi connectivity index (χ2v) is 5.93. The molecule has 1 saturated carbocycles. The molecule has 1 unspecified atom stereocenters. The molecular formula is C17H20N4O. The van der Waals surface area contributed by atoms with Gasteiger partial charge < -0.3 is 10.4 Å². The Balaban J connectivity index is 1.53. The molecule has 114 valence electrons. The Morgan fingerprint density at radius 2 is 2.27 bits per heavy atom. The quantitative estimate of drug-likeness (QED) is 0.880. The zero-order valence-corrected chi connectivity index (χ0v) is 12.4. The van der Waals surface area contributed by atoms with E-state index >= 15 is 0 Å². The molecule has 0 saturated heterocycles. The van der Waals surface area contributed by atoms with E-state index in [2.05, 4.69) is 16.5 Å². The molecule has 2 N–H and O–H groups in total. The summed E-state index contributed by atoms with van der Waals surface area (Å²) in [6, 6.07) is 11.7. The van der Waals surface area contributed by atoms with Crippen LogP contribution >= 0.6 is 0 Å². The smallest absolute Gasteiger partial charge is 0.0991 e. The molecule has 0 amide bonds. The summed E-state index contributed by atoms with van der Waals surface area (Å²) in [4.78, 5) is 0. The van der Waals surface area contributed by atoms with Crippen LogP contribution in [-0.2, 0) is 13.1 Å². The number of nitriles is 1. The highest BCUT2D eigenvalue weighted by molar-refractivity contribution is 5.32. The van der Waals surface area contributed by atoms with E-state index < -0.39 is 0 Å². The Hall–Kier alpha value is -2.16. The van der Waals surface area contributed by atoms with Gasteiger partial charge in [-0.2, -0.15) is 10.4 Å². The lowest BCUT2D eigenvalue weighted by Gasteiger charge is -2.16. The van der Waals surface area contributed by atoms with Crippen molar-refractivity contribution in [3.05, 3.63) is 53.9 Å². The van der Waals surface area contributed by atoms with Crippen molar-refractivity contribution in [3.8, 4) is 6.07 Å². The topological polar surface area (TPSA) is 73.9 Å². The summed E-state index contributed by atoms with van der Waals surface area (Å²) in [6.45, 7) is 1.53. The molecule has 1 heterocycles. The van der Waals surface area contributed by atoms with E-state index in [4.69, 9.17) is 5.26 Å². The maximum Gasteiger partial charge on any atom is 0.0991 e. The van der Waals surface area contributed by atoms with Gasteiger partial charge in [0.1, 0.15) is 0 Å². The van der Waals surface area contributed by atoms with Gasteiger partial charge in [0.2, 0.25) is 0 Å². The molecule has 5 heteroatoms. The molecule has 0 spiro atoms. The van der Waals surface area contributed by atoms with Crippen molar-refractivity contribution in [1.82, 2.24) is 15.1 Å². The van der Waals surface area contributed by atoms with Gasteiger partial charge in [0.05, 0.1) is 17.7 Å². The second-order valence-electron chi connectivity index (χ2n) is 5.93. The average molecular weight is 296 g/mol. The molecule has 1 aromatic heterocycles. The fourth-order valence-electron chi connectivity index (χ4n) is 3.16. The number of aliphatic hydroxyl groups excluding tert-OH is 1. The highest BCUT2D eigenvalue weighted by atomic mass is 16.3. The van der Waals surface area contributed by atoms with Crippen LogP contribution in [0.25, 0.3) is 0 Å². The molecule has 1 aliphatic carbocycles. The molecule has 0 radical (unpaired) electrons. The Kier molecular flexibility index (Phi) is 4.52. The van der Waals surface area contributed by atoms with Crippen LogP contribution in [0.2, 0.25) is 0 Å². The first-order valence-electron chi connectivity index (χ1n) is 7.62. The summed E-state index contributed by atoms with van der Waals surface area (Å²) in [5.74, 6) is 0.442. The van der Waals surface area contributed by atoms with Crippen molar-refractivity contribution < 1.29 is 5.11 Å². The van der Waals surface area contributed by atoms with Gasteiger partial charge in [-0.1, -0.05) is 12.1 Å². The van der Waals surface area contributed by atoms with E-state index in [1.807, 2.05) is 35.1 Å². The van der Waals surface area contributed by atoms with Crippen molar-refractivity contribution in [1.29, 1.82) is 5.26 Å². The van der Waals surface area contributed by atoms with Gasteiger partial charge in [-0.25, -0.2) is 0 Å². The van der Waals surface area contributed by atoms with Crippen LogP contribution in [0.3, 0.4) is 0 Å². The van der Waals surface area contributed by atoms with E-state index in [0.717, 1.165) is 24.9 Å². The van der Waals surface area contributed by atoms with E-state index in [9.17, 15) is 5.11 Å². The normalized spacial score (nSPS) is 24.3. The molecule has 3 atom stereocenters. The van der Waals surface area contributed by atoms with Crippen molar-refractivity contribution >= 4 is 0 Å². The molecule has 1 aliphatic rings. The Morgan fingerprint density at radius 1 is 1.36 bits per heavy atom. The van der Waals surface area contributed by atoms with Crippen molar-refractivity contribution in [3.63, 3.8) is 0 Å². The second kappa shape index (κ2) is 6.73. The lowest BCUT2D eigenvalue weighted by molar-refractivity contribution is 0.145. The van der Waals surface area contributed by atoms with Crippen molar-refractivity contribution in [2.24, 2.45) is 5.92 Å². The van der Waals surface area contributed by atoms with Crippen LogP contribution in [-0.4, -0.2) is 27.0 Å². The maximum atomic E-state index is 10.2. The summed E-state index contributed by atoms with van der Waals surface area (Å²) in [5, 5.41) is 26.8. The van der Waals surface area contributed by atoms with Gasteiger partial charge in [0.15, 0.2) is 0 Å². The number of rotatable bonds is 5. The monoisotopic (exact) mass is 296 g/mol. The zero-order chi connectivity index (χ0) is 15.4. The number of hydrogen-bond donors (Lipinski definition) is 2. The van der Waals surface area contributed by atoms with Crippen LogP contribution in [0.1, 0.15) is 24.0 Å². The van der Waals surface area contributed by atoms with E-state index in [0.29, 0.717) is 18.0 Å². The molecule has 3 rings (SSSR count). The van der Waals surface area contributed by atoms with Gasteiger partial charge in [-0.3, -0.25) is 4.68 Å². The standard InChI is InChI=1S/C17H20N4O/c18-10-13-3-1-4-14(7-13)11-19-16-8-15(9-17(16)22)12-21-6-2-5-20-21/h1-7,15-17,19,22H,8-9,11-12H2/t15?,16-,17-/m1/s1. The minimum absolute atomic E-state index is 0.103. The lowest BCUT2D eigenvalue weighted by Crippen LogP contribution is -2.35. The number of nitrogens with one attached hydrogen (secondary N) is 1. The molecule has 1 aromatic carbocycles. The van der Waals surface area contributed by atoms with E-state index in [1.165, 1.54) is 0 Å². The van der Waals surface area contributed by atoms with Gasteiger partial charge in [0, 0.05) is 31.5 Å². The Labute approximate surface area is 130 Å². The van der Waals surface area contributed by atoms with Crippen molar-refractivity contribution in [2.45, 2.75) is 38.1 Å². The first-order valence-corrected chi connectivity index (χ1v) is 7.62. The van der Waals surface area contributed by atoms with Crippen molar-refractivity contribution in [2.75, 3.05) is 0 Å². The summed E-state index contributed by atoms with van der Waals surface area (Å²) < 4.78 is 1.93. The molecule has 5 nitrogen and oxygen atoms in total. The zero-order valence-electron chi connectivity index (χ0n) is 12.4. The molecule has 1 fully saturated rings. The minimum atomic E-state index is -0.320. The van der Waals surface area contributed by atoms with Crippen LogP contribution in [0.5, 0.6) is 0 Å². The number of aliphatic hydroxyl groups is 1. The fraction of sp³-hybridized carbons (Fsp3) is 0.412. The highest BCUT2D eigenvalue weighted by Crippen LogP contribution is 2.27. The summed E-state index contributed by atoms with van der Waals surface area (Å²) >= 11 is 0. The summed E-state index contributed by atoms with van der Waals surface area (Å²) in [6.07, 6.45) is 5.16. The van der Waals surface area contributed by atoms with Gasteiger partial charge in [-0.15, -0.1) is 0 Å². The molecule has 22 heavy (non-hydrogen) atoms. The Bertz CT molecular complexity index is 647. The van der Waals surface area contributed by atoms with Crippen LogP contribution in [0.4, 0.5) is 0 Å². The molecule has 0 bridgehead atoms. The van der Waals surface area contributed by atoms with Gasteiger partial charge >= 0.3 is 0 Å². The van der Waals surface area contributed by atoms with Gasteiger partial charge in [0.25, 0.3) is 0 Å². The molecule has 0 aliphatic heterocycles. The third-order valence-corrected chi connectivity index (χ3v) is 4.26. The van der Waals surface area contributed by atoms with Crippen LogP contribution in [0.15, 0.2) is 42.7 Å². The SMILES string of the molecule is N#Cc1cccc(CN[C@@H]2CC(Cn3cccn3)C[C@H]2O)c1. The Morgan fingerprint density at radius 3 is 3.05 bits per heavy atom. The predicted molar refractivity (Wildman–Crippen MR) is 82.7 cm³/mol. The number of nitrogens with zero attached hydrogens (tertiary/aromatic N) is 3.